The van der Waals surface area contributed by atoms with Crippen LogP contribution < -0.4 is 5.32 Å². The molecule has 0 radical (unpaired) electrons. The van der Waals surface area contributed by atoms with Gasteiger partial charge in [0.05, 0.1) is 24.9 Å². The van der Waals surface area contributed by atoms with Crippen molar-refractivity contribution in [1.82, 2.24) is 25.0 Å². The number of carboxylic acids is 1. The SMILES string of the molecule is Cn1cc(CN2C[C@@H](NC(=O)c3cscn3)[C@H]3COC[C@H]32)cn1.O=C(O)C(F)(F)F. The van der Waals surface area contributed by atoms with E-state index < -0.39 is 12.1 Å². The van der Waals surface area contributed by atoms with Crippen LogP contribution in [0, 0.1) is 5.92 Å². The molecule has 2 aliphatic rings. The summed E-state index contributed by atoms with van der Waals surface area (Å²) in [5, 5.41) is 16.3. The number of carbonyl (C=O) groups is 2. The van der Waals surface area contributed by atoms with E-state index in [2.05, 4.69) is 20.3 Å². The Hall–Kier alpha value is -2.51. The molecule has 9 nitrogen and oxygen atoms in total. The van der Waals surface area contributed by atoms with Crippen LogP contribution in [0.1, 0.15) is 16.1 Å². The molecule has 13 heteroatoms. The predicted molar refractivity (Wildman–Crippen MR) is 98.8 cm³/mol. The quantitative estimate of drug-likeness (QED) is 0.723. The third-order valence-electron chi connectivity index (χ3n) is 4.88. The molecule has 0 unspecified atom stereocenters. The van der Waals surface area contributed by atoms with Crippen molar-refractivity contribution in [2.24, 2.45) is 13.0 Å². The first-order valence-corrected chi connectivity index (χ1v) is 9.88. The summed E-state index contributed by atoms with van der Waals surface area (Å²) < 4.78 is 39.2. The van der Waals surface area contributed by atoms with Gasteiger partial charge in [0.25, 0.3) is 5.91 Å². The first-order chi connectivity index (χ1) is 14.1. The highest BCUT2D eigenvalue weighted by molar-refractivity contribution is 7.07. The summed E-state index contributed by atoms with van der Waals surface area (Å²) in [6, 6.07) is 0.462. The molecule has 0 aromatic carbocycles. The lowest BCUT2D eigenvalue weighted by atomic mass is 10.00. The number of thiazole rings is 1. The van der Waals surface area contributed by atoms with Crippen molar-refractivity contribution in [2.45, 2.75) is 24.8 Å². The van der Waals surface area contributed by atoms with Gasteiger partial charge in [-0.05, 0) is 0 Å². The number of hydrogen-bond donors (Lipinski definition) is 2. The van der Waals surface area contributed by atoms with E-state index in [1.807, 2.05) is 24.1 Å². The smallest absolute Gasteiger partial charge is 0.475 e. The minimum atomic E-state index is -5.08. The number of amides is 1. The molecular weight excluding hydrogens is 427 g/mol. The van der Waals surface area contributed by atoms with E-state index in [1.165, 1.54) is 16.9 Å². The molecule has 2 aromatic heterocycles. The largest absolute Gasteiger partial charge is 0.490 e. The summed E-state index contributed by atoms with van der Waals surface area (Å²) in [6.07, 6.45) is -1.15. The fourth-order valence-corrected chi connectivity index (χ4v) is 4.07. The molecule has 0 saturated carbocycles. The van der Waals surface area contributed by atoms with Crippen LogP contribution in [0.3, 0.4) is 0 Å². The molecule has 4 rings (SSSR count). The molecule has 2 saturated heterocycles. The zero-order valence-corrected chi connectivity index (χ0v) is 16.7. The number of rotatable bonds is 4. The molecule has 2 fully saturated rings. The molecule has 0 spiro atoms. The molecule has 2 aliphatic heterocycles. The third kappa shape index (κ3) is 5.34. The van der Waals surface area contributed by atoms with Crippen molar-refractivity contribution < 1.29 is 32.6 Å². The first-order valence-electron chi connectivity index (χ1n) is 8.93. The zero-order valence-electron chi connectivity index (χ0n) is 15.9. The number of fused-ring (bicyclic) bond motifs is 1. The molecule has 4 heterocycles. The minimum Gasteiger partial charge on any atom is -0.475 e. The maximum absolute atomic E-state index is 12.3. The van der Waals surface area contributed by atoms with Crippen molar-refractivity contribution in [3.8, 4) is 0 Å². The Bertz CT molecular complexity index is 873. The number of nitrogens with one attached hydrogen (secondary N) is 1. The number of nitrogens with zero attached hydrogens (tertiary/aromatic N) is 4. The van der Waals surface area contributed by atoms with Gasteiger partial charge in [0.15, 0.2) is 0 Å². The molecular formula is C17H20F3N5O4S. The molecule has 0 aliphatic carbocycles. The maximum Gasteiger partial charge on any atom is 0.490 e. The molecule has 3 atom stereocenters. The number of hydrogen-bond acceptors (Lipinski definition) is 7. The van der Waals surface area contributed by atoms with Crippen LogP contribution in [-0.2, 0) is 23.1 Å². The van der Waals surface area contributed by atoms with Crippen molar-refractivity contribution in [1.29, 1.82) is 0 Å². The van der Waals surface area contributed by atoms with Gasteiger partial charge in [0, 0.05) is 55.3 Å². The summed E-state index contributed by atoms with van der Waals surface area (Å²) >= 11 is 1.43. The van der Waals surface area contributed by atoms with Crippen LogP contribution in [0.5, 0.6) is 0 Å². The Labute approximate surface area is 173 Å². The number of halogens is 3. The third-order valence-corrected chi connectivity index (χ3v) is 5.46. The van der Waals surface area contributed by atoms with Gasteiger partial charge in [0.1, 0.15) is 5.69 Å². The Balaban J connectivity index is 0.000000318. The Kier molecular flexibility index (Phi) is 6.73. The Morgan fingerprint density at radius 1 is 1.40 bits per heavy atom. The predicted octanol–water partition coefficient (Wildman–Crippen LogP) is 1.14. The van der Waals surface area contributed by atoms with Gasteiger partial charge in [0.2, 0.25) is 0 Å². The number of ether oxygens (including phenoxy) is 1. The van der Waals surface area contributed by atoms with E-state index in [1.54, 1.807) is 10.9 Å². The van der Waals surface area contributed by atoms with Crippen molar-refractivity contribution in [3.63, 3.8) is 0 Å². The van der Waals surface area contributed by atoms with Crippen LogP contribution in [0.25, 0.3) is 0 Å². The van der Waals surface area contributed by atoms with E-state index in [0.29, 0.717) is 24.3 Å². The van der Waals surface area contributed by atoms with Crippen molar-refractivity contribution in [2.75, 3.05) is 19.8 Å². The van der Waals surface area contributed by atoms with Crippen LogP contribution >= 0.6 is 11.3 Å². The highest BCUT2D eigenvalue weighted by Gasteiger charge is 2.46. The number of aliphatic carboxylic acids is 1. The maximum atomic E-state index is 12.3. The summed E-state index contributed by atoms with van der Waals surface area (Å²) in [6.45, 7) is 3.11. The average Bonchev–Trinajstić information content (AvgIpc) is 3.43. The number of carboxylic acid groups (broad SMARTS) is 1. The van der Waals surface area contributed by atoms with Gasteiger partial charge in [-0.2, -0.15) is 18.3 Å². The highest BCUT2D eigenvalue weighted by atomic mass is 32.1. The Morgan fingerprint density at radius 2 is 2.13 bits per heavy atom. The van der Waals surface area contributed by atoms with Gasteiger partial charge >= 0.3 is 12.1 Å². The standard InChI is InChI=1S/C15H19N5O2S.C2HF3O2/c1-19-3-10(2-17-19)4-20-5-12(11-6-22-7-14(11)20)18-15(21)13-8-23-9-16-13;3-2(4,5)1(6)7/h2-3,8-9,11-12,14H,4-7H2,1H3,(H,18,21);(H,6,7)/t11-,12-,14-;/m1./s1. The monoisotopic (exact) mass is 447 g/mol. The second-order valence-electron chi connectivity index (χ2n) is 6.98. The fraction of sp³-hybridized carbons (Fsp3) is 0.529. The minimum absolute atomic E-state index is 0.0925. The zero-order chi connectivity index (χ0) is 21.9. The summed E-state index contributed by atoms with van der Waals surface area (Å²) in [7, 11) is 1.92. The lowest BCUT2D eigenvalue weighted by Crippen LogP contribution is -2.41. The average molecular weight is 447 g/mol. The normalized spacial score (nSPS) is 23.5. The molecule has 2 N–H and O–H groups in total. The van der Waals surface area contributed by atoms with Crippen molar-refractivity contribution in [3.05, 3.63) is 34.5 Å². The summed E-state index contributed by atoms with van der Waals surface area (Å²) in [5.74, 6) is -2.51. The second kappa shape index (κ2) is 9.10. The second-order valence-corrected chi connectivity index (χ2v) is 7.70. The van der Waals surface area contributed by atoms with Gasteiger partial charge in [-0.25, -0.2) is 9.78 Å². The van der Waals surface area contributed by atoms with Gasteiger partial charge in [-0.1, -0.05) is 0 Å². The number of aryl methyl sites for hydroxylation is 1. The van der Waals surface area contributed by atoms with E-state index in [9.17, 15) is 18.0 Å². The molecule has 0 bridgehead atoms. The van der Waals surface area contributed by atoms with Gasteiger partial charge in [-0.3, -0.25) is 14.4 Å². The van der Waals surface area contributed by atoms with E-state index >= 15 is 0 Å². The van der Waals surface area contributed by atoms with Crippen LogP contribution in [0.15, 0.2) is 23.3 Å². The number of likely N-dealkylation sites (tertiary alicyclic amines) is 1. The Morgan fingerprint density at radius 3 is 2.70 bits per heavy atom. The van der Waals surface area contributed by atoms with Crippen molar-refractivity contribution >= 4 is 23.2 Å². The molecule has 2 aromatic rings. The topological polar surface area (TPSA) is 110 Å². The highest BCUT2D eigenvalue weighted by Crippen LogP contribution is 2.31. The lowest BCUT2D eigenvalue weighted by molar-refractivity contribution is -0.192. The fourth-order valence-electron chi connectivity index (χ4n) is 3.53. The molecule has 30 heavy (non-hydrogen) atoms. The first kappa shape index (κ1) is 22.2. The number of carbonyl (C=O) groups excluding carboxylic acids is 1. The molecule has 1 amide bonds. The van der Waals surface area contributed by atoms with Gasteiger partial charge < -0.3 is 15.2 Å². The number of alkyl halides is 3. The van der Waals surface area contributed by atoms with E-state index in [0.717, 1.165) is 19.7 Å². The van der Waals surface area contributed by atoms with Crippen LogP contribution in [0.2, 0.25) is 0 Å². The summed E-state index contributed by atoms with van der Waals surface area (Å²) in [5.41, 5.74) is 3.36. The van der Waals surface area contributed by atoms with E-state index in [-0.39, 0.29) is 11.9 Å². The van der Waals surface area contributed by atoms with Crippen LogP contribution in [0.4, 0.5) is 13.2 Å². The van der Waals surface area contributed by atoms with Crippen LogP contribution in [-0.4, -0.2) is 74.7 Å². The van der Waals surface area contributed by atoms with E-state index in [4.69, 9.17) is 14.6 Å². The lowest BCUT2D eigenvalue weighted by Gasteiger charge is -2.21. The molecule has 164 valence electrons. The van der Waals surface area contributed by atoms with Gasteiger partial charge in [-0.15, -0.1) is 11.3 Å². The number of aromatic nitrogens is 3. The summed E-state index contributed by atoms with van der Waals surface area (Å²) in [4.78, 5) is 27.6.